The van der Waals surface area contributed by atoms with Crippen molar-refractivity contribution < 1.29 is 4.74 Å². The van der Waals surface area contributed by atoms with Crippen LogP contribution in [0, 0.1) is 6.92 Å². The van der Waals surface area contributed by atoms with E-state index >= 15 is 0 Å². The van der Waals surface area contributed by atoms with Crippen molar-refractivity contribution in [2.45, 2.75) is 11.8 Å². The fourth-order valence-corrected chi connectivity index (χ4v) is 1.13. The molecule has 0 fully saturated rings. The lowest BCUT2D eigenvalue weighted by molar-refractivity contribution is 0.411. The van der Waals surface area contributed by atoms with Gasteiger partial charge in [-0.1, -0.05) is 0 Å². The lowest BCUT2D eigenvalue weighted by Crippen LogP contribution is -1.85. The van der Waals surface area contributed by atoms with Gasteiger partial charge in [0.1, 0.15) is 5.75 Å². The quantitative estimate of drug-likeness (QED) is 0.611. The molecule has 0 aliphatic heterocycles. The van der Waals surface area contributed by atoms with Crippen LogP contribution >= 0.6 is 12.6 Å². The Morgan fingerprint density at radius 1 is 1.40 bits per heavy atom. The highest BCUT2D eigenvalue weighted by Gasteiger charge is 1.95. The van der Waals surface area contributed by atoms with Gasteiger partial charge < -0.3 is 4.74 Å². The Hall–Kier alpha value is -0.630. The molecule has 0 heterocycles. The standard InChI is InChI=1S/C8H10OS/c1-6-5-7(10)3-4-8(6)9-2/h3-5,10H,1-2H3. The average molecular weight is 154 g/mol. The summed E-state index contributed by atoms with van der Waals surface area (Å²) in [5.74, 6) is 0.915. The minimum atomic E-state index is 0.915. The molecule has 0 N–H and O–H groups in total. The van der Waals surface area contributed by atoms with Crippen molar-refractivity contribution in [3.05, 3.63) is 23.8 Å². The molecule has 0 amide bonds. The second kappa shape index (κ2) is 2.97. The van der Waals surface area contributed by atoms with Crippen LogP contribution in [0.5, 0.6) is 5.75 Å². The maximum absolute atomic E-state index is 5.07. The van der Waals surface area contributed by atoms with Gasteiger partial charge in [-0.05, 0) is 30.7 Å². The molecular formula is C8H10OS. The summed E-state index contributed by atoms with van der Waals surface area (Å²) in [5, 5.41) is 0. The average Bonchev–Trinajstić information content (AvgIpc) is 1.88. The van der Waals surface area contributed by atoms with Crippen molar-refractivity contribution in [3.63, 3.8) is 0 Å². The van der Waals surface area contributed by atoms with E-state index in [1.807, 2.05) is 25.1 Å². The van der Waals surface area contributed by atoms with E-state index in [1.165, 1.54) is 0 Å². The normalized spacial score (nSPS) is 9.50. The Morgan fingerprint density at radius 2 is 2.10 bits per heavy atom. The van der Waals surface area contributed by atoms with Gasteiger partial charge in [0.05, 0.1) is 7.11 Å². The van der Waals surface area contributed by atoms with E-state index in [-0.39, 0.29) is 0 Å². The van der Waals surface area contributed by atoms with E-state index in [2.05, 4.69) is 12.6 Å². The zero-order chi connectivity index (χ0) is 7.56. The van der Waals surface area contributed by atoms with Crippen LogP contribution in [0.1, 0.15) is 5.56 Å². The predicted molar refractivity (Wildman–Crippen MR) is 45.0 cm³/mol. The minimum absolute atomic E-state index is 0.915. The second-order valence-electron chi connectivity index (χ2n) is 2.15. The number of thiol groups is 1. The van der Waals surface area contributed by atoms with Gasteiger partial charge in [-0.2, -0.15) is 0 Å². The highest BCUT2D eigenvalue weighted by Crippen LogP contribution is 2.19. The van der Waals surface area contributed by atoms with Gasteiger partial charge in [-0.25, -0.2) is 0 Å². The second-order valence-corrected chi connectivity index (χ2v) is 2.67. The zero-order valence-electron chi connectivity index (χ0n) is 6.09. The molecule has 0 spiro atoms. The fourth-order valence-electron chi connectivity index (χ4n) is 0.863. The van der Waals surface area contributed by atoms with Gasteiger partial charge in [0.15, 0.2) is 0 Å². The first kappa shape index (κ1) is 7.48. The molecule has 0 aromatic heterocycles. The molecule has 0 bridgehead atoms. The molecule has 2 heteroatoms. The van der Waals surface area contributed by atoms with Gasteiger partial charge in [-0.3, -0.25) is 0 Å². The summed E-state index contributed by atoms with van der Waals surface area (Å²) < 4.78 is 5.07. The molecule has 0 radical (unpaired) electrons. The molecular weight excluding hydrogens is 144 g/mol. The first-order valence-electron chi connectivity index (χ1n) is 3.07. The molecule has 54 valence electrons. The van der Waals surface area contributed by atoms with Crippen molar-refractivity contribution in [1.29, 1.82) is 0 Å². The summed E-state index contributed by atoms with van der Waals surface area (Å²) in [6.07, 6.45) is 0. The van der Waals surface area contributed by atoms with Gasteiger partial charge in [0, 0.05) is 4.90 Å². The third-order valence-corrected chi connectivity index (χ3v) is 1.66. The molecule has 1 rings (SSSR count). The predicted octanol–water partition coefficient (Wildman–Crippen LogP) is 2.29. The van der Waals surface area contributed by atoms with Crippen LogP contribution in [0.2, 0.25) is 0 Å². The largest absolute Gasteiger partial charge is 0.496 e. The van der Waals surface area contributed by atoms with E-state index in [4.69, 9.17) is 4.74 Å². The number of rotatable bonds is 1. The molecule has 0 atom stereocenters. The monoisotopic (exact) mass is 154 g/mol. The molecule has 0 saturated carbocycles. The summed E-state index contributed by atoms with van der Waals surface area (Å²) in [6.45, 7) is 2.00. The molecule has 1 aromatic carbocycles. The number of benzene rings is 1. The molecule has 0 aliphatic rings. The maximum atomic E-state index is 5.07. The lowest BCUT2D eigenvalue weighted by Gasteiger charge is -2.03. The summed E-state index contributed by atoms with van der Waals surface area (Å²) in [5.41, 5.74) is 1.12. The third kappa shape index (κ3) is 1.45. The molecule has 0 unspecified atom stereocenters. The van der Waals surface area contributed by atoms with Gasteiger partial charge in [0.25, 0.3) is 0 Å². The van der Waals surface area contributed by atoms with Crippen LogP contribution < -0.4 is 4.74 Å². The van der Waals surface area contributed by atoms with Crippen molar-refractivity contribution in [2.75, 3.05) is 7.11 Å². The topological polar surface area (TPSA) is 9.23 Å². The SMILES string of the molecule is COc1ccc(S)cc1C. The van der Waals surface area contributed by atoms with Crippen molar-refractivity contribution in [1.82, 2.24) is 0 Å². The molecule has 10 heavy (non-hydrogen) atoms. The van der Waals surface area contributed by atoms with Gasteiger partial charge >= 0.3 is 0 Å². The van der Waals surface area contributed by atoms with Crippen molar-refractivity contribution in [2.24, 2.45) is 0 Å². The molecule has 0 aliphatic carbocycles. The maximum Gasteiger partial charge on any atom is 0.121 e. The van der Waals surface area contributed by atoms with E-state index in [9.17, 15) is 0 Å². The smallest absolute Gasteiger partial charge is 0.121 e. The summed E-state index contributed by atoms with van der Waals surface area (Å²) in [7, 11) is 1.67. The highest BCUT2D eigenvalue weighted by atomic mass is 32.1. The first-order valence-corrected chi connectivity index (χ1v) is 3.52. The fraction of sp³-hybridized carbons (Fsp3) is 0.250. The van der Waals surface area contributed by atoms with Crippen LogP contribution in [0.25, 0.3) is 0 Å². The van der Waals surface area contributed by atoms with Crippen molar-refractivity contribution >= 4 is 12.6 Å². The van der Waals surface area contributed by atoms with Crippen LogP contribution in [0.3, 0.4) is 0 Å². The van der Waals surface area contributed by atoms with Crippen LogP contribution in [0.4, 0.5) is 0 Å². The minimum Gasteiger partial charge on any atom is -0.496 e. The van der Waals surface area contributed by atoms with Crippen LogP contribution in [-0.2, 0) is 0 Å². The summed E-state index contributed by atoms with van der Waals surface area (Å²) in [6, 6.07) is 5.80. The Morgan fingerprint density at radius 3 is 2.60 bits per heavy atom. The van der Waals surface area contributed by atoms with Crippen LogP contribution in [-0.4, -0.2) is 7.11 Å². The number of ether oxygens (including phenoxy) is 1. The Labute approximate surface area is 66.4 Å². The molecule has 0 saturated heterocycles. The third-order valence-electron chi connectivity index (χ3n) is 1.38. The number of aryl methyl sites for hydroxylation is 1. The van der Waals surface area contributed by atoms with Crippen LogP contribution in [0.15, 0.2) is 23.1 Å². The first-order chi connectivity index (χ1) is 4.74. The van der Waals surface area contributed by atoms with E-state index in [1.54, 1.807) is 7.11 Å². The van der Waals surface area contributed by atoms with Crippen molar-refractivity contribution in [3.8, 4) is 5.75 Å². The van der Waals surface area contributed by atoms with E-state index in [0.717, 1.165) is 16.2 Å². The lowest BCUT2D eigenvalue weighted by atomic mass is 10.2. The number of hydrogen-bond acceptors (Lipinski definition) is 2. The Kier molecular flexibility index (Phi) is 2.22. The van der Waals surface area contributed by atoms with Gasteiger partial charge in [0.2, 0.25) is 0 Å². The Balaban J connectivity index is 3.07. The van der Waals surface area contributed by atoms with E-state index < -0.39 is 0 Å². The van der Waals surface area contributed by atoms with Gasteiger partial charge in [-0.15, -0.1) is 12.6 Å². The summed E-state index contributed by atoms with van der Waals surface area (Å²) >= 11 is 4.18. The zero-order valence-corrected chi connectivity index (χ0v) is 6.98. The number of hydrogen-bond donors (Lipinski definition) is 1. The summed E-state index contributed by atoms with van der Waals surface area (Å²) in [4.78, 5) is 0.971. The van der Waals surface area contributed by atoms with E-state index in [0.29, 0.717) is 0 Å². The number of methoxy groups -OCH3 is 1. The molecule has 1 nitrogen and oxygen atoms in total. The highest BCUT2D eigenvalue weighted by molar-refractivity contribution is 7.80. The molecule has 1 aromatic rings. The Bertz CT molecular complexity index is 233.